The smallest absolute Gasteiger partial charge is 0.237 e. The highest BCUT2D eigenvalue weighted by Crippen LogP contribution is 2.25. The number of aryl methyl sites for hydroxylation is 1. The minimum atomic E-state index is -1.05. The molecular weight excluding hydrogens is 276 g/mol. The van der Waals surface area contributed by atoms with Crippen molar-refractivity contribution in [3.63, 3.8) is 0 Å². The van der Waals surface area contributed by atoms with Crippen molar-refractivity contribution in [3.8, 4) is 0 Å². The molecule has 0 saturated carbocycles. The molecule has 0 atom stereocenters. The van der Waals surface area contributed by atoms with E-state index in [1.807, 2.05) is 28.7 Å². The molecule has 0 unspecified atom stereocenters. The molecule has 0 aliphatic heterocycles. The summed E-state index contributed by atoms with van der Waals surface area (Å²) < 4.78 is 4.06. The Labute approximate surface area is 119 Å². The molecular formula is C13H13N4O2S-. The van der Waals surface area contributed by atoms with Gasteiger partial charge in [-0.2, -0.15) is 0 Å². The number of carbonyl (C=O) groups is 1. The monoisotopic (exact) mass is 289 g/mol. The molecule has 0 aliphatic carbocycles. The molecule has 20 heavy (non-hydrogen) atoms. The van der Waals surface area contributed by atoms with E-state index in [1.165, 1.54) is 11.8 Å². The van der Waals surface area contributed by atoms with Gasteiger partial charge < -0.3 is 14.5 Å². The molecule has 0 N–H and O–H groups in total. The molecule has 3 rings (SSSR count). The van der Waals surface area contributed by atoms with Crippen molar-refractivity contribution in [1.82, 2.24) is 19.2 Å². The van der Waals surface area contributed by atoms with Gasteiger partial charge >= 0.3 is 0 Å². The van der Waals surface area contributed by atoms with E-state index in [0.29, 0.717) is 10.9 Å². The number of carboxylic acid groups (broad SMARTS) is 1. The fourth-order valence-electron chi connectivity index (χ4n) is 2.27. The summed E-state index contributed by atoms with van der Waals surface area (Å²) in [5, 5.41) is 19.6. The minimum absolute atomic E-state index is 0.00595. The van der Waals surface area contributed by atoms with Crippen molar-refractivity contribution in [2.45, 2.75) is 25.0 Å². The molecule has 0 radical (unpaired) electrons. The first-order valence-corrected chi connectivity index (χ1v) is 7.36. The zero-order valence-corrected chi connectivity index (χ0v) is 11.8. The summed E-state index contributed by atoms with van der Waals surface area (Å²) in [6.45, 7) is 2.86. The van der Waals surface area contributed by atoms with Gasteiger partial charge in [0.2, 0.25) is 5.78 Å². The summed E-state index contributed by atoms with van der Waals surface area (Å²) in [5.41, 5.74) is 2.13. The van der Waals surface area contributed by atoms with Gasteiger partial charge in [-0.1, -0.05) is 23.9 Å². The third kappa shape index (κ3) is 2.03. The van der Waals surface area contributed by atoms with Crippen molar-refractivity contribution in [1.29, 1.82) is 0 Å². The van der Waals surface area contributed by atoms with Crippen molar-refractivity contribution >= 4 is 34.5 Å². The van der Waals surface area contributed by atoms with Crippen LogP contribution in [-0.2, 0) is 11.3 Å². The minimum Gasteiger partial charge on any atom is -0.550 e. The predicted molar refractivity (Wildman–Crippen MR) is 74.5 cm³/mol. The summed E-state index contributed by atoms with van der Waals surface area (Å²) in [6.07, 6.45) is 0.00595. The third-order valence-electron chi connectivity index (χ3n) is 3.12. The summed E-state index contributed by atoms with van der Waals surface area (Å²) in [5.74, 6) is 0.160. The average molecular weight is 289 g/mol. The van der Waals surface area contributed by atoms with Gasteiger partial charge in [0.15, 0.2) is 5.16 Å². The molecule has 7 heteroatoms. The Balaban J connectivity index is 2.08. The lowest BCUT2D eigenvalue weighted by atomic mass is 10.3. The highest BCUT2D eigenvalue weighted by Gasteiger charge is 2.15. The van der Waals surface area contributed by atoms with Crippen LogP contribution in [0.3, 0.4) is 0 Å². The Morgan fingerprint density at radius 1 is 1.30 bits per heavy atom. The topological polar surface area (TPSA) is 75.2 Å². The molecule has 2 heterocycles. The summed E-state index contributed by atoms with van der Waals surface area (Å²) in [6, 6.07) is 8.02. The number of nitrogens with zero attached hydrogens (tertiary/aromatic N) is 4. The number of fused-ring (bicyclic) bond motifs is 3. The molecule has 0 saturated heterocycles. The molecule has 3 aromatic rings. The number of carboxylic acids is 1. The van der Waals surface area contributed by atoms with Crippen LogP contribution in [0.1, 0.15) is 13.3 Å². The van der Waals surface area contributed by atoms with Gasteiger partial charge in [0.25, 0.3) is 0 Å². The zero-order chi connectivity index (χ0) is 14.1. The molecule has 0 bridgehead atoms. The molecule has 0 spiro atoms. The average Bonchev–Trinajstić information content (AvgIpc) is 2.96. The fourth-order valence-corrected chi connectivity index (χ4v) is 3.13. The Kier molecular flexibility index (Phi) is 3.35. The quantitative estimate of drug-likeness (QED) is 0.653. The molecule has 2 aromatic heterocycles. The van der Waals surface area contributed by atoms with Gasteiger partial charge in [0.05, 0.1) is 11.0 Å². The van der Waals surface area contributed by atoms with Crippen molar-refractivity contribution in [2.24, 2.45) is 0 Å². The lowest BCUT2D eigenvalue weighted by molar-refractivity contribution is -0.305. The largest absolute Gasteiger partial charge is 0.550 e. The maximum Gasteiger partial charge on any atom is 0.237 e. The van der Waals surface area contributed by atoms with Gasteiger partial charge in [-0.05, 0) is 25.5 Å². The van der Waals surface area contributed by atoms with E-state index in [9.17, 15) is 9.90 Å². The number of para-hydroxylation sites is 2. The van der Waals surface area contributed by atoms with Crippen LogP contribution >= 0.6 is 11.8 Å². The van der Waals surface area contributed by atoms with Crippen molar-refractivity contribution in [3.05, 3.63) is 24.3 Å². The van der Waals surface area contributed by atoms with Crippen molar-refractivity contribution in [2.75, 3.05) is 5.75 Å². The van der Waals surface area contributed by atoms with Crippen LogP contribution in [0.4, 0.5) is 0 Å². The maximum absolute atomic E-state index is 10.5. The second kappa shape index (κ2) is 5.16. The highest BCUT2D eigenvalue weighted by atomic mass is 32.2. The Morgan fingerprint density at radius 2 is 2.05 bits per heavy atom. The number of thioether (sulfide) groups is 1. The Hall–Kier alpha value is -2.02. The van der Waals surface area contributed by atoms with E-state index in [0.717, 1.165) is 23.4 Å². The van der Waals surface area contributed by atoms with Crippen LogP contribution < -0.4 is 5.11 Å². The third-order valence-corrected chi connectivity index (χ3v) is 4.06. The summed E-state index contributed by atoms with van der Waals surface area (Å²) in [7, 11) is 0. The number of rotatable bonds is 5. The number of carbonyl (C=O) groups excluding carboxylic acids is 1. The van der Waals surface area contributed by atoms with E-state index >= 15 is 0 Å². The number of hydrogen-bond donors (Lipinski definition) is 0. The van der Waals surface area contributed by atoms with Crippen LogP contribution in [0.5, 0.6) is 0 Å². The van der Waals surface area contributed by atoms with Gasteiger partial charge in [-0.25, -0.2) is 0 Å². The SMILES string of the molecule is CCn1c2ccccc2n2c(SCCC(=O)[O-])nnc12. The number of aromatic nitrogens is 4. The van der Waals surface area contributed by atoms with E-state index in [2.05, 4.69) is 21.7 Å². The second-order valence-electron chi connectivity index (χ2n) is 4.32. The zero-order valence-electron chi connectivity index (χ0n) is 10.9. The van der Waals surface area contributed by atoms with Crippen LogP contribution in [0.15, 0.2) is 29.4 Å². The molecule has 0 aliphatic rings. The number of benzene rings is 1. The lowest BCUT2D eigenvalue weighted by Gasteiger charge is -2.00. The predicted octanol–water partition coefficient (Wildman–Crippen LogP) is 0.936. The number of aliphatic carboxylic acids is 1. The molecule has 0 fully saturated rings. The van der Waals surface area contributed by atoms with Gasteiger partial charge in [0.1, 0.15) is 0 Å². The standard InChI is InChI=1S/C13H14N4O2S/c1-2-16-9-5-3-4-6-10(9)17-12(16)14-15-13(17)20-8-7-11(18)19/h3-6H,2,7-8H2,1H3,(H,18,19)/p-1. The van der Waals surface area contributed by atoms with Gasteiger partial charge in [-0.15, -0.1) is 10.2 Å². The number of hydrogen-bond acceptors (Lipinski definition) is 5. The van der Waals surface area contributed by atoms with E-state index in [4.69, 9.17) is 0 Å². The van der Waals surface area contributed by atoms with Gasteiger partial charge in [0, 0.05) is 18.3 Å². The van der Waals surface area contributed by atoms with E-state index in [-0.39, 0.29) is 6.42 Å². The van der Waals surface area contributed by atoms with Crippen molar-refractivity contribution < 1.29 is 9.90 Å². The van der Waals surface area contributed by atoms with Crippen LogP contribution in [0.2, 0.25) is 0 Å². The first-order valence-electron chi connectivity index (χ1n) is 6.37. The highest BCUT2D eigenvalue weighted by molar-refractivity contribution is 7.99. The fraction of sp³-hybridized carbons (Fsp3) is 0.308. The Bertz CT molecular complexity index is 777. The van der Waals surface area contributed by atoms with Crippen LogP contribution in [-0.4, -0.2) is 30.9 Å². The number of imidazole rings is 1. The maximum atomic E-state index is 10.5. The normalized spacial score (nSPS) is 11.4. The Morgan fingerprint density at radius 3 is 2.75 bits per heavy atom. The van der Waals surface area contributed by atoms with Crippen LogP contribution in [0.25, 0.3) is 16.8 Å². The molecule has 1 aromatic carbocycles. The first-order chi connectivity index (χ1) is 9.72. The van der Waals surface area contributed by atoms with Gasteiger partial charge in [-0.3, -0.25) is 4.40 Å². The van der Waals surface area contributed by atoms with E-state index < -0.39 is 5.97 Å². The molecule has 104 valence electrons. The molecule has 0 amide bonds. The first kappa shape index (κ1) is 13.0. The molecule has 6 nitrogen and oxygen atoms in total. The van der Waals surface area contributed by atoms with Crippen LogP contribution in [0, 0.1) is 0 Å². The second-order valence-corrected chi connectivity index (χ2v) is 5.38. The van der Waals surface area contributed by atoms with E-state index in [1.54, 1.807) is 0 Å². The summed E-state index contributed by atoms with van der Waals surface area (Å²) in [4.78, 5) is 10.5. The lowest BCUT2D eigenvalue weighted by Crippen LogP contribution is -2.22. The summed E-state index contributed by atoms with van der Waals surface area (Å²) >= 11 is 1.38.